The molecule has 0 spiro atoms. The van der Waals surface area contributed by atoms with E-state index in [2.05, 4.69) is 10.3 Å². The first-order valence-electron chi connectivity index (χ1n) is 7.67. The highest BCUT2D eigenvalue weighted by atomic mass is 19.1. The van der Waals surface area contributed by atoms with E-state index in [1.54, 1.807) is 18.2 Å². The van der Waals surface area contributed by atoms with Crippen molar-refractivity contribution >= 4 is 11.6 Å². The van der Waals surface area contributed by atoms with Gasteiger partial charge in [0.1, 0.15) is 5.76 Å². The summed E-state index contributed by atoms with van der Waals surface area (Å²) in [7, 11) is 1.37. The van der Waals surface area contributed by atoms with Gasteiger partial charge in [-0.3, -0.25) is 4.79 Å². The van der Waals surface area contributed by atoms with Crippen LogP contribution in [-0.2, 0) is 0 Å². The summed E-state index contributed by atoms with van der Waals surface area (Å²) in [5.41, 5.74) is 2.33. The van der Waals surface area contributed by atoms with Crippen LogP contribution in [-0.4, -0.2) is 18.0 Å². The van der Waals surface area contributed by atoms with Crippen LogP contribution in [0.25, 0.3) is 11.5 Å². The van der Waals surface area contributed by atoms with Crippen LogP contribution in [0.3, 0.4) is 0 Å². The van der Waals surface area contributed by atoms with E-state index in [4.69, 9.17) is 9.15 Å². The van der Waals surface area contributed by atoms with Gasteiger partial charge in [0.2, 0.25) is 5.89 Å². The van der Waals surface area contributed by atoms with Gasteiger partial charge in [0.25, 0.3) is 5.91 Å². The summed E-state index contributed by atoms with van der Waals surface area (Å²) in [6.45, 7) is 3.71. The quantitative estimate of drug-likeness (QED) is 0.766. The molecule has 128 valence electrons. The number of nitrogens with zero attached hydrogens (tertiary/aromatic N) is 1. The second-order valence-corrected chi connectivity index (χ2v) is 5.54. The third-order valence-electron chi connectivity index (χ3n) is 3.81. The Morgan fingerprint density at radius 2 is 2.00 bits per heavy atom. The van der Waals surface area contributed by atoms with Crippen LogP contribution in [0.4, 0.5) is 10.1 Å². The fraction of sp³-hybridized carbons (Fsp3) is 0.158. The molecule has 0 bridgehead atoms. The number of halogens is 1. The molecule has 3 aromatic rings. The van der Waals surface area contributed by atoms with Crippen LogP contribution in [0.5, 0.6) is 5.75 Å². The van der Waals surface area contributed by atoms with Crippen LogP contribution in [0.1, 0.15) is 21.8 Å². The predicted octanol–water partition coefficient (Wildman–Crippen LogP) is 4.36. The van der Waals surface area contributed by atoms with Crippen molar-refractivity contribution < 1.29 is 18.3 Å². The van der Waals surface area contributed by atoms with Crippen LogP contribution < -0.4 is 10.1 Å². The van der Waals surface area contributed by atoms with E-state index in [-0.39, 0.29) is 11.3 Å². The number of carbonyl (C=O) groups excluding carboxylic acids is 1. The molecule has 0 radical (unpaired) electrons. The zero-order chi connectivity index (χ0) is 18.0. The molecule has 1 amide bonds. The van der Waals surface area contributed by atoms with Gasteiger partial charge in [0.15, 0.2) is 11.6 Å². The Morgan fingerprint density at radius 1 is 1.20 bits per heavy atom. The molecule has 0 aliphatic heterocycles. The SMILES string of the molecule is COc1ccc(C(=O)Nc2cccc(-c3nc(C)c(C)o3)c2)cc1F. The highest BCUT2D eigenvalue weighted by Gasteiger charge is 2.12. The van der Waals surface area contributed by atoms with Crippen molar-refractivity contribution in [1.82, 2.24) is 4.98 Å². The van der Waals surface area contributed by atoms with Crippen molar-refractivity contribution in [3.8, 4) is 17.2 Å². The molecule has 0 atom stereocenters. The third kappa shape index (κ3) is 3.52. The van der Waals surface area contributed by atoms with Gasteiger partial charge in [0, 0.05) is 16.8 Å². The lowest BCUT2D eigenvalue weighted by atomic mass is 10.1. The second-order valence-electron chi connectivity index (χ2n) is 5.54. The van der Waals surface area contributed by atoms with E-state index in [1.807, 2.05) is 19.9 Å². The molecule has 3 rings (SSSR count). The number of carbonyl (C=O) groups is 1. The molecule has 6 heteroatoms. The minimum atomic E-state index is -0.588. The number of ether oxygens (including phenoxy) is 1. The van der Waals surface area contributed by atoms with Gasteiger partial charge in [-0.25, -0.2) is 9.37 Å². The molecule has 1 aromatic heterocycles. The minimum absolute atomic E-state index is 0.0909. The molecule has 0 aliphatic rings. The van der Waals surface area contributed by atoms with Crippen molar-refractivity contribution in [3.63, 3.8) is 0 Å². The minimum Gasteiger partial charge on any atom is -0.494 e. The number of hydrogen-bond acceptors (Lipinski definition) is 4. The maximum Gasteiger partial charge on any atom is 0.255 e. The summed E-state index contributed by atoms with van der Waals surface area (Å²) < 4.78 is 24.2. The van der Waals surface area contributed by atoms with Crippen LogP contribution >= 0.6 is 0 Å². The van der Waals surface area contributed by atoms with Crippen molar-refractivity contribution in [2.75, 3.05) is 12.4 Å². The first-order chi connectivity index (χ1) is 12.0. The Morgan fingerprint density at radius 3 is 2.64 bits per heavy atom. The lowest BCUT2D eigenvalue weighted by Crippen LogP contribution is -2.12. The van der Waals surface area contributed by atoms with Gasteiger partial charge in [-0.05, 0) is 50.2 Å². The largest absolute Gasteiger partial charge is 0.494 e. The van der Waals surface area contributed by atoms with Crippen LogP contribution in [0, 0.1) is 19.7 Å². The van der Waals surface area contributed by atoms with E-state index in [1.165, 1.54) is 19.2 Å². The number of hydrogen-bond donors (Lipinski definition) is 1. The molecule has 2 aromatic carbocycles. The Balaban J connectivity index is 1.82. The predicted molar refractivity (Wildman–Crippen MR) is 92.3 cm³/mol. The van der Waals surface area contributed by atoms with Gasteiger partial charge >= 0.3 is 0 Å². The summed E-state index contributed by atoms with van der Waals surface area (Å²) in [6.07, 6.45) is 0. The molecule has 25 heavy (non-hydrogen) atoms. The molecule has 0 aliphatic carbocycles. The molecule has 0 saturated heterocycles. The van der Waals surface area contributed by atoms with Gasteiger partial charge in [-0.2, -0.15) is 0 Å². The first kappa shape index (κ1) is 16.7. The number of nitrogens with one attached hydrogen (secondary N) is 1. The van der Waals surface area contributed by atoms with Gasteiger partial charge in [0.05, 0.1) is 12.8 Å². The van der Waals surface area contributed by atoms with Gasteiger partial charge in [-0.1, -0.05) is 6.07 Å². The zero-order valence-electron chi connectivity index (χ0n) is 14.1. The lowest BCUT2D eigenvalue weighted by Gasteiger charge is -2.08. The average Bonchev–Trinajstić information content (AvgIpc) is 2.94. The molecule has 0 fully saturated rings. The first-order valence-corrected chi connectivity index (χ1v) is 7.67. The number of benzene rings is 2. The molecular weight excluding hydrogens is 323 g/mol. The van der Waals surface area contributed by atoms with E-state index < -0.39 is 11.7 Å². The number of amides is 1. The van der Waals surface area contributed by atoms with E-state index in [0.29, 0.717) is 11.6 Å². The van der Waals surface area contributed by atoms with Crippen LogP contribution in [0.2, 0.25) is 0 Å². The molecule has 0 unspecified atom stereocenters. The molecule has 0 saturated carbocycles. The Bertz CT molecular complexity index is 915. The summed E-state index contributed by atoms with van der Waals surface area (Å²) >= 11 is 0. The smallest absolute Gasteiger partial charge is 0.255 e. The summed E-state index contributed by atoms with van der Waals surface area (Å²) in [5, 5.41) is 2.74. The van der Waals surface area contributed by atoms with Crippen molar-refractivity contribution in [2.45, 2.75) is 13.8 Å². The number of methoxy groups -OCH3 is 1. The summed E-state index contributed by atoms with van der Waals surface area (Å²) in [4.78, 5) is 16.7. The van der Waals surface area contributed by atoms with Crippen molar-refractivity contribution in [1.29, 1.82) is 0 Å². The number of rotatable bonds is 4. The van der Waals surface area contributed by atoms with E-state index in [9.17, 15) is 9.18 Å². The number of aryl methyl sites for hydroxylation is 2. The second kappa shape index (κ2) is 6.76. The fourth-order valence-corrected chi connectivity index (χ4v) is 2.34. The maximum atomic E-state index is 13.7. The average molecular weight is 340 g/mol. The molecule has 1 N–H and O–H groups in total. The normalized spacial score (nSPS) is 10.6. The Labute approximate surface area is 144 Å². The Hall–Kier alpha value is -3.15. The highest BCUT2D eigenvalue weighted by molar-refractivity contribution is 6.04. The fourth-order valence-electron chi connectivity index (χ4n) is 2.34. The van der Waals surface area contributed by atoms with E-state index >= 15 is 0 Å². The number of anilines is 1. The molecule has 5 nitrogen and oxygen atoms in total. The highest BCUT2D eigenvalue weighted by Crippen LogP contribution is 2.25. The van der Waals surface area contributed by atoms with Crippen molar-refractivity contribution in [2.24, 2.45) is 0 Å². The van der Waals surface area contributed by atoms with Gasteiger partial charge < -0.3 is 14.5 Å². The standard InChI is InChI=1S/C19H17FN2O3/c1-11-12(2)25-19(21-11)14-5-4-6-15(9-14)22-18(23)13-7-8-17(24-3)16(20)10-13/h4-10H,1-3H3,(H,22,23). The third-order valence-corrected chi connectivity index (χ3v) is 3.81. The molecular formula is C19H17FN2O3. The summed E-state index contributed by atoms with van der Waals surface area (Å²) in [6, 6.07) is 11.2. The maximum absolute atomic E-state index is 13.7. The van der Waals surface area contributed by atoms with Crippen molar-refractivity contribution in [3.05, 3.63) is 65.3 Å². The summed E-state index contributed by atoms with van der Waals surface area (Å²) in [5.74, 6) is 0.320. The molecule has 1 heterocycles. The van der Waals surface area contributed by atoms with Crippen LogP contribution in [0.15, 0.2) is 46.9 Å². The topological polar surface area (TPSA) is 64.4 Å². The van der Waals surface area contributed by atoms with E-state index in [0.717, 1.165) is 23.1 Å². The Kier molecular flexibility index (Phi) is 4.52. The lowest BCUT2D eigenvalue weighted by molar-refractivity contribution is 0.102. The van der Waals surface area contributed by atoms with Gasteiger partial charge in [-0.15, -0.1) is 0 Å². The number of aromatic nitrogens is 1. The number of oxazole rings is 1. The zero-order valence-corrected chi connectivity index (χ0v) is 14.1. The monoisotopic (exact) mass is 340 g/mol.